The second-order valence-electron chi connectivity index (χ2n) is 7.59. The van der Waals surface area contributed by atoms with E-state index in [0.717, 1.165) is 28.1 Å². The second-order valence-corrected chi connectivity index (χ2v) is 7.59. The molecule has 0 aliphatic heterocycles. The number of aryl methyl sites for hydroxylation is 2. The van der Waals surface area contributed by atoms with Gasteiger partial charge < -0.3 is 9.73 Å². The van der Waals surface area contributed by atoms with Crippen LogP contribution in [0.4, 0.5) is 0 Å². The Morgan fingerprint density at radius 3 is 2.86 bits per heavy atom. The molecule has 1 aliphatic carbocycles. The van der Waals surface area contributed by atoms with Crippen molar-refractivity contribution in [1.82, 2.24) is 24.9 Å². The van der Waals surface area contributed by atoms with Crippen molar-refractivity contribution in [3.8, 4) is 11.3 Å². The lowest BCUT2D eigenvalue weighted by Crippen LogP contribution is -2.34. The highest BCUT2D eigenvalue weighted by Crippen LogP contribution is 2.32. The largest absolute Gasteiger partial charge is 0.441 e. The van der Waals surface area contributed by atoms with Gasteiger partial charge in [-0.25, -0.2) is 14.5 Å². The smallest absolute Gasteiger partial charge is 0.256 e. The first-order valence-electron chi connectivity index (χ1n) is 9.53. The van der Waals surface area contributed by atoms with Crippen LogP contribution < -0.4 is 5.32 Å². The number of amides is 1. The molecule has 1 N–H and O–H groups in total. The zero-order valence-electron chi connectivity index (χ0n) is 16.1. The van der Waals surface area contributed by atoms with Gasteiger partial charge >= 0.3 is 0 Å². The molecular weight excluding hydrogens is 354 g/mol. The number of aromatic nitrogens is 4. The molecule has 1 unspecified atom stereocenters. The molecule has 3 heterocycles. The SMILES string of the molecule is Cc1nc2cc(-c3cc(C)n4ncc(C(=O)NC(C)C5CC5)c4n3)ccc2o1. The molecule has 4 aromatic rings. The summed E-state index contributed by atoms with van der Waals surface area (Å²) in [4.78, 5) is 21.9. The Hall–Kier alpha value is -3.22. The topological polar surface area (TPSA) is 85.3 Å². The van der Waals surface area contributed by atoms with E-state index in [1.54, 1.807) is 10.7 Å². The van der Waals surface area contributed by atoms with E-state index in [-0.39, 0.29) is 11.9 Å². The normalized spacial score (nSPS) is 15.2. The molecule has 0 saturated heterocycles. The predicted molar refractivity (Wildman–Crippen MR) is 105 cm³/mol. The van der Waals surface area contributed by atoms with Crippen molar-refractivity contribution < 1.29 is 9.21 Å². The van der Waals surface area contributed by atoms with E-state index in [1.165, 1.54) is 12.8 Å². The van der Waals surface area contributed by atoms with Gasteiger partial charge in [0, 0.05) is 24.2 Å². The molecule has 1 saturated carbocycles. The summed E-state index contributed by atoms with van der Waals surface area (Å²) in [5.74, 6) is 1.10. The van der Waals surface area contributed by atoms with E-state index >= 15 is 0 Å². The molecule has 142 valence electrons. The van der Waals surface area contributed by atoms with Crippen molar-refractivity contribution in [2.45, 2.75) is 39.7 Å². The van der Waals surface area contributed by atoms with Gasteiger partial charge in [0.1, 0.15) is 11.1 Å². The molecule has 3 aromatic heterocycles. The maximum Gasteiger partial charge on any atom is 0.256 e. The monoisotopic (exact) mass is 375 g/mol. The van der Waals surface area contributed by atoms with E-state index < -0.39 is 0 Å². The fourth-order valence-corrected chi connectivity index (χ4v) is 3.62. The summed E-state index contributed by atoms with van der Waals surface area (Å²) in [5.41, 5.74) is 5.20. The van der Waals surface area contributed by atoms with Gasteiger partial charge in [-0.05, 0) is 56.9 Å². The Labute approximate surface area is 161 Å². The molecule has 0 spiro atoms. The number of hydrogen-bond acceptors (Lipinski definition) is 5. The molecule has 7 heteroatoms. The predicted octanol–water partition coefficient (Wildman–Crippen LogP) is 3.68. The first kappa shape index (κ1) is 16.9. The highest BCUT2D eigenvalue weighted by molar-refractivity contribution is 6.00. The zero-order valence-corrected chi connectivity index (χ0v) is 16.1. The van der Waals surface area contributed by atoms with Crippen LogP contribution in [0.2, 0.25) is 0 Å². The third-order valence-electron chi connectivity index (χ3n) is 5.37. The van der Waals surface area contributed by atoms with E-state index in [9.17, 15) is 4.79 Å². The number of benzene rings is 1. The molecule has 1 amide bonds. The average Bonchev–Trinajstić information content (AvgIpc) is 3.31. The minimum Gasteiger partial charge on any atom is -0.441 e. The molecule has 1 fully saturated rings. The number of fused-ring (bicyclic) bond motifs is 2. The number of nitrogens with one attached hydrogen (secondary N) is 1. The lowest BCUT2D eigenvalue weighted by atomic mass is 10.1. The molecule has 28 heavy (non-hydrogen) atoms. The Morgan fingerprint density at radius 1 is 1.25 bits per heavy atom. The summed E-state index contributed by atoms with van der Waals surface area (Å²) < 4.78 is 7.26. The van der Waals surface area contributed by atoms with E-state index in [0.29, 0.717) is 23.0 Å². The van der Waals surface area contributed by atoms with Gasteiger partial charge in [0.2, 0.25) is 0 Å². The van der Waals surface area contributed by atoms with Crippen LogP contribution >= 0.6 is 0 Å². The summed E-state index contributed by atoms with van der Waals surface area (Å²) in [6.07, 6.45) is 3.96. The summed E-state index contributed by atoms with van der Waals surface area (Å²) in [6.45, 7) is 5.84. The van der Waals surface area contributed by atoms with Crippen LogP contribution in [0.3, 0.4) is 0 Å². The van der Waals surface area contributed by atoms with Gasteiger partial charge in [0.15, 0.2) is 17.1 Å². The zero-order chi connectivity index (χ0) is 19.4. The highest BCUT2D eigenvalue weighted by Gasteiger charge is 2.30. The van der Waals surface area contributed by atoms with Gasteiger partial charge in [-0.3, -0.25) is 4.79 Å². The fraction of sp³-hybridized carbons (Fsp3) is 0.333. The molecule has 1 aromatic carbocycles. The van der Waals surface area contributed by atoms with Gasteiger partial charge in [0.05, 0.1) is 11.9 Å². The molecular formula is C21H21N5O2. The second kappa shape index (κ2) is 6.15. The number of hydrogen-bond donors (Lipinski definition) is 1. The van der Waals surface area contributed by atoms with Crippen molar-refractivity contribution >= 4 is 22.7 Å². The van der Waals surface area contributed by atoms with Crippen LogP contribution in [0, 0.1) is 19.8 Å². The Kier molecular flexibility index (Phi) is 3.72. The van der Waals surface area contributed by atoms with Gasteiger partial charge in [-0.1, -0.05) is 0 Å². The summed E-state index contributed by atoms with van der Waals surface area (Å²) in [7, 11) is 0. The maximum atomic E-state index is 12.8. The molecule has 1 aliphatic rings. The number of carbonyl (C=O) groups excluding carboxylic acids is 1. The Balaban J connectivity index is 1.56. The van der Waals surface area contributed by atoms with Crippen LogP contribution in [0.1, 0.15) is 41.7 Å². The molecule has 1 atom stereocenters. The number of nitrogens with zero attached hydrogens (tertiary/aromatic N) is 4. The van der Waals surface area contributed by atoms with Crippen molar-refractivity contribution in [2.75, 3.05) is 0 Å². The third-order valence-corrected chi connectivity index (χ3v) is 5.37. The molecule has 5 rings (SSSR count). The summed E-state index contributed by atoms with van der Waals surface area (Å²) in [5, 5.41) is 7.45. The van der Waals surface area contributed by atoms with Crippen molar-refractivity contribution in [1.29, 1.82) is 0 Å². The van der Waals surface area contributed by atoms with Crippen LogP contribution in [0.15, 0.2) is 34.9 Å². The lowest BCUT2D eigenvalue weighted by Gasteiger charge is -2.12. The van der Waals surface area contributed by atoms with Crippen molar-refractivity contribution in [2.24, 2.45) is 5.92 Å². The minimum absolute atomic E-state index is 0.124. The van der Waals surface area contributed by atoms with Crippen molar-refractivity contribution in [3.05, 3.63) is 47.6 Å². The fourth-order valence-electron chi connectivity index (χ4n) is 3.62. The van der Waals surface area contributed by atoms with E-state index in [2.05, 4.69) is 22.3 Å². The Bertz CT molecular complexity index is 1220. The molecule has 0 bridgehead atoms. The quantitative estimate of drug-likeness (QED) is 0.588. The standard InChI is InChI=1S/C21H21N5O2/c1-11-8-17(15-6-7-19-18(9-15)24-13(3)28-19)25-20-16(10-22-26(11)20)21(27)23-12(2)14-4-5-14/h6-10,12,14H,4-5H2,1-3H3,(H,23,27). The molecule has 7 nitrogen and oxygen atoms in total. The first-order chi connectivity index (χ1) is 13.5. The van der Waals surface area contributed by atoms with Gasteiger partial charge in [0.25, 0.3) is 5.91 Å². The average molecular weight is 375 g/mol. The van der Waals surface area contributed by atoms with Crippen molar-refractivity contribution in [3.63, 3.8) is 0 Å². The number of oxazole rings is 1. The van der Waals surface area contributed by atoms with Crippen LogP contribution in [-0.4, -0.2) is 31.5 Å². The van der Waals surface area contributed by atoms with Crippen LogP contribution in [0.5, 0.6) is 0 Å². The number of rotatable bonds is 4. The Morgan fingerprint density at radius 2 is 2.07 bits per heavy atom. The van der Waals surface area contributed by atoms with Crippen LogP contribution in [-0.2, 0) is 0 Å². The molecule has 0 radical (unpaired) electrons. The number of carbonyl (C=O) groups is 1. The van der Waals surface area contributed by atoms with E-state index in [1.807, 2.05) is 38.1 Å². The first-order valence-corrected chi connectivity index (χ1v) is 9.53. The minimum atomic E-state index is -0.124. The third kappa shape index (κ3) is 2.83. The van der Waals surface area contributed by atoms with Gasteiger partial charge in [-0.2, -0.15) is 5.10 Å². The van der Waals surface area contributed by atoms with Gasteiger partial charge in [-0.15, -0.1) is 0 Å². The van der Waals surface area contributed by atoms with Crippen LogP contribution in [0.25, 0.3) is 28.0 Å². The van der Waals surface area contributed by atoms with E-state index in [4.69, 9.17) is 9.40 Å². The lowest BCUT2D eigenvalue weighted by molar-refractivity contribution is 0.0937. The summed E-state index contributed by atoms with van der Waals surface area (Å²) in [6, 6.07) is 7.94. The maximum absolute atomic E-state index is 12.8. The highest BCUT2D eigenvalue weighted by atomic mass is 16.3. The summed E-state index contributed by atoms with van der Waals surface area (Å²) >= 11 is 0.